The van der Waals surface area contributed by atoms with Gasteiger partial charge in [0.1, 0.15) is 0 Å². The third-order valence-corrected chi connectivity index (χ3v) is 6.60. The average molecular weight is 427 g/mol. The van der Waals surface area contributed by atoms with Crippen LogP contribution in [0.5, 0.6) is 0 Å². The van der Waals surface area contributed by atoms with Crippen LogP contribution in [0.2, 0.25) is 0 Å². The maximum Gasteiger partial charge on any atom is 0.268 e. The van der Waals surface area contributed by atoms with E-state index in [1.165, 1.54) is 11.8 Å². The topological polar surface area (TPSA) is 83.0 Å². The van der Waals surface area contributed by atoms with Crippen LogP contribution in [0.4, 0.5) is 0 Å². The highest BCUT2D eigenvalue weighted by Gasteiger charge is 2.21. The molecular weight excluding hydrogens is 408 g/mol. The molecule has 29 heavy (non-hydrogen) atoms. The zero-order valence-electron chi connectivity index (χ0n) is 15.5. The first-order valence-corrected chi connectivity index (χ1v) is 11.2. The molecule has 148 valence electrons. The highest BCUT2D eigenvalue weighted by atomic mass is 32.2. The van der Waals surface area contributed by atoms with Crippen LogP contribution in [0.25, 0.3) is 21.7 Å². The van der Waals surface area contributed by atoms with Crippen molar-refractivity contribution in [3.63, 3.8) is 0 Å². The monoisotopic (exact) mass is 426 g/mol. The smallest absolute Gasteiger partial charge is 0.268 e. The summed E-state index contributed by atoms with van der Waals surface area (Å²) < 4.78 is 12.8. The lowest BCUT2D eigenvalue weighted by Crippen LogP contribution is -2.28. The molecule has 0 aliphatic carbocycles. The Balaban J connectivity index is 1.44. The van der Waals surface area contributed by atoms with Gasteiger partial charge >= 0.3 is 0 Å². The molecule has 9 heteroatoms. The molecule has 1 aromatic carbocycles. The summed E-state index contributed by atoms with van der Waals surface area (Å²) in [6.45, 7) is 1.25. The van der Waals surface area contributed by atoms with E-state index in [1.807, 2.05) is 41.8 Å². The molecule has 1 aliphatic rings. The number of rotatable bonds is 6. The minimum Gasteiger partial charge on any atom is -0.376 e. The Bertz CT molecular complexity index is 1180. The molecule has 4 aromatic rings. The Morgan fingerprint density at radius 3 is 2.97 bits per heavy atom. The molecule has 0 radical (unpaired) electrons. The van der Waals surface area contributed by atoms with Crippen LogP contribution in [0.3, 0.4) is 0 Å². The lowest BCUT2D eigenvalue weighted by molar-refractivity contribution is 0.0937. The van der Waals surface area contributed by atoms with E-state index >= 15 is 0 Å². The van der Waals surface area contributed by atoms with Crippen molar-refractivity contribution in [3.05, 3.63) is 58.0 Å². The Kier molecular flexibility index (Phi) is 5.17. The molecule has 1 saturated heterocycles. The lowest BCUT2D eigenvalue weighted by atomic mass is 10.2. The predicted molar refractivity (Wildman–Crippen MR) is 112 cm³/mol. The van der Waals surface area contributed by atoms with Crippen molar-refractivity contribution in [2.45, 2.75) is 36.4 Å². The molecule has 1 fully saturated rings. The van der Waals surface area contributed by atoms with Crippen molar-refractivity contribution in [1.29, 1.82) is 0 Å². The van der Waals surface area contributed by atoms with E-state index in [2.05, 4.69) is 10.1 Å². The van der Waals surface area contributed by atoms with E-state index in [4.69, 9.17) is 14.2 Å². The number of fused-ring (bicyclic) bond motifs is 1. The van der Waals surface area contributed by atoms with Crippen LogP contribution in [0.15, 0.2) is 56.3 Å². The Labute approximate surface area is 174 Å². The fourth-order valence-electron chi connectivity index (χ4n) is 3.35. The van der Waals surface area contributed by atoms with Gasteiger partial charge in [0.15, 0.2) is 11.0 Å². The summed E-state index contributed by atoms with van der Waals surface area (Å²) in [7, 11) is 0. The van der Waals surface area contributed by atoms with Crippen molar-refractivity contribution < 1.29 is 9.26 Å². The van der Waals surface area contributed by atoms with Gasteiger partial charge in [-0.1, -0.05) is 35.1 Å². The second-order valence-electron chi connectivity index (χ2n) is 6.74. The van der Waals surface area contributed by atoms with Crippen molar-refractivity contribution in [3.8, 4) is 10.8 Å². The Morgan fingerprint density at radius 1 is 1.21 bits per heavy atom. The van der Waals surface area contributed by atoms with Crippen LogP contribution < -0.4 is 5.56 Å². The second-order valence-corrected chi connectivity index (χ2v) is 8.63. The van der Waals surface area contributed by atoms with Crippen molar-refractivity contribution in [2.24, 2.45) is 0 Å². The Morgan fingerprint density at radius 2 is 2.14 bits per heavy atom. The molecule has 0 spiro atoms. The van der Waals surface area contributed by atoms with Crippen LogP contribution >= 0.6 is 23.1 Å². The number of thioether (sulfide) groups is 1. The number of hydrogen-bond acceptors (Lipinski definition) is 8. The fourth-order valence-corrected chi connectivity index (χ4v) is 4.85. The molecule has 1 aliphatic heterocycles. The van der Waals surface area contributed by atoms with E-state index in [9.17, 15) is 4.79 Å². The van der Waals surface area contributed by atoms with E-state index in [0.717, 1.165) is 24.3 Å². The molecule has 0 amide bonds. The fraction of sp³-hybridized carbons (Fsp3) is 0.300. The molecule has 3 aromatic heterocycles. The minimum absolute atomic E-state index is 0.0408. The summed E-state index contributed by atoms with van der Waals surface area (Å²) in [5.74, 6) is 1.55. The van der Waals surface area contributed by atoms with Crippen LogP contribution in [-0.4, -0.2) is 32.4 Å². The molecule has 1 atom stereocenters. The highest BCUT2D eigenvalue weighted by Crippen LogP contribution is 2.26. The zero-order valence-corrected chi connectivity index (χ0v) is 17.1. The van der Waals surface area contributed by atoms with Crippen LogP contribution in [0.1, 0.15) is 18.7 Å². The molecule has 7 nitrogen and oxygen atoms in total. The quantitative estimate of drug-likeness (QED) is 0.341. The first kappa shape index (κ1) is 18.5. The van der Waals surface area contributed by atoms with Crippen LogP contribution in [-0.2, 0) is 17.0 Å². The van der Waals surface area contributed by atoms with E-state index in [-0.39, 0.29) is 11.7 Å². The van der Waals surface area contributed by atoms with Crippen molar-refractivity contribution in [1.82, 2.24) is 19.7 Å². The van der Waals surface area contributed by atoms with Crippen molar-refractivity contribution in [2.75, 3.05) is 6.61 Å². The summed E-state index contributed by atoms with van der Waals surface area (Å²) >= 11 is 2.99. The van der Waals surface area contributed by atoms with Gasteiger partial charge in [0, 0.05) is 6.61 Å². The highest BCUT2D eigenvalue weighted by molar-refractivity contribution is 7.98. The molecule has 0 bridgehead atoms. The second kappa shape index (κ2) is 8.10. The number of aromatic nitrogens is 4. The van der Waals surface area contributed by atoms with Gasteiger partial charge in [-0.05, 0) is 36.4 Å². The number of nitrogens with zero attached hydrogens (tertiary/aromatic N) is 4. The number of para-hydroxylation sites is 1. The van der Waals surface area contributed by atoms with Gasteiger partial charge in [0.05, 0.1) is 34.2 Å². The largest absolute Gasteiger partial charge is 0.376 e. The SMILES string of the molecule is O=c1c2ccccc2nc(SCc2noc(-c3cccs3)n2)n1CC1CCCO1. The minimum atomic E-state index is -0.0408. The summed E-state index contributed by atoms with van der Waals surface area (Å²) in [6.07, 6.45) is 2.03. The van der Waals surface area contributed by atoms with Crippen LogP contribution in [0, 0.1) is 0 Å². The standard InChI is InChI=1S/C20H18N4O3S2/c25-19-14-6-1-2-7-15(14)21-20(24(19)11-13-5-3-9-26-13)29-12-17-22-18(27-23-17)16-8-4-10-28-16/h1-2,4,6-8,10,13H,3,5,9,11-12H2. The van der Waals surface area contributed by atoms with Gasteiger partial charge in [0.2, 0.25) is 0 Å². The summed E-state index contributed by atoms with van der Waals surface area (Å²) in [6, 6.07) is 11.3. The average Bonchev–Trinajstić information content (AvgIpc) is 3.51. The third-order valence-electron chi connectivity index (χ3n) is 4.77. The normalized spacial score (nSPS) is 16.6. The van der Waals surface area contributed by atoms with Gasteiger partial charge in [0.25, 0.3) is 11.4 Å². The van der Waals surface area contributed by atoms with Crippen molar-refractivity contribution >= 4 is 34.0 Å². The molecule has 5 rings (SSSR count). The lowest BCUT2D eigenvalue weighted by Gasteiger charge is -2.16. The number of benzene rings is 1. The molecule has 0 N–H and O–H groups in total. The first-order valence-electron chi connectivity index (χ1n) is 9.38. The number of ether oxygens (including phenoxy) is 1. The molecule has 1 unspecified atom stereocenters. The first-order chi connectivity index (χ1) is 14.3. The van der Waals surface area contributed by atoms with Gasteiger partial charge in [-0.3, -0.25) is 9.36 Å². The molecule has 4 heterocycles. The van der Waals surface area contributed by atoms with Gasteiger partial charge < -0.3 is 9.26 Å². The van der Waals surface area contributed by atoms with E-state index in [1.54, 1.807) is 15.9 Å². The predicted octanol–water partition coefficient (Wildman–Crippen LogP) is 3.98. The summed E-state index contributed by atoms with van der Waals surface area (Å²) in [5.41, 5.74) is 0.650. The summed E-state index contributed by atoms with van der Waals surface area (Å²) in [4.78, 5) is 23.2. The van der Waals surface area contributed by atoms with E-state index in [0.29, 0.717) is 40.1 Å². The van der Waals surface area contributed by atoms with Gasteiger partial charge in [-0.25, -0.2) is 4.98 Å². The maximum atomic E-state index is 13.1. The van der Waals surface area contributed by atoms with E-state index < -0.39 is 0 Å². The Hall–Kier alpha value is -2.49. The number of thiophene rings is 1. The summed E-state index contributed by atoms with van der Waals surface area (Å²) in [5, 5.41) is 7.30. The molecule has 0 saturated carbocycles. The molecular formula is C20H18N4O3S2. The number of hydrogen-bond donors (Lipinski definition) is 0. The zero-order chi connectivity index (χ0) is 19.6. The van der Waals surface area contributed by atoms with Gasteiger partial charge in [-0.15, -0.1) is 11.3 Å². The maximum absolute atomic E-state index is 13.1. The van der Waals surface area contributed by atoms with Gasteiger partial charge in [-0.2, -0.15) is 4.98 Å². The third kappa shape index (κ3) is 3.85.